The first-order chi connectivity index (χ1) is 5.79. The van der Waals surface area contributed by atoms with E-state index in [4.69, 9.17) is 4.74 Å². The van der Waals surface area contributed by atoms with Crippen LogP contribution >= 0.6 is 0 Å². The molecule has 13 heavy (non-hydrogen) atoms. The Morgan fingerprint density at radius 1 is 1.23 bits per heavy atom. The third-order valence-electron chi connectivity index (χ3n) is 2.17. The molecule has 0 rings (SSSR count). The summed E-state index contributed by atoms with van der Waals surface area (Å²) < 4.78 is 5.33. The van der Waals surface area contributed by atoms with Gasteiger partial charge in [0.2, 0.25) is 0 Å². The first kappa shape index (κ1) is 12.9. The highest BCUT2D eigenvalue weighted by Gasteiger charge is 2.31. The van der Waals surface area contributed by atoms with E-state index in [2.05, 4.69) is 34.6 Å². The van der Waals surface area contributed by atoms with Crippen molar-refractivity contribution in [2.45, 2.75) is 53.2 Å². The Labute approximate surface area is 82.3 Å². The van der Waals surface area contributed by atoms with Gasteiger partial charge in [-0.2, -0.15) is 0 Å². The van der Waals surface area contributed by atoms with Gasteiger partial charge in [0, 0.05) is 7.11 Å². The van der Waals surface area contributed by atoms with Crippen LogP contribution in [0.15, 0.2) is 0 Å². The van der Waals surface area contributed by atoms with Gasteiger partial charge in [-0.05, 0) is 17.8 Å². The summed E-state index contributed by atoms with van der Waals surface area (Å²) in [6, 6.07) is 0. The summed E-state index contributed by atoms with van der Waals surface area (Å²) in [5.41, 5.74) is 0.00303. The van der Waals surface area contributed by atoms with E-state index in [0.29, 0.717) is 5.92 Å². The SMILES string of the molecule is COC(C(O)CC(C)C)C(C)(C)C. The molecule has 0 amide bonds. The number of ether oxygens (including phenoxy) is 1. The second kappa shape index (κ2) is 4.97. The summed E-state index contributed by atoms with van der Waals surface area (Å²) in [5.74, 6) is 0.509. The predicted molar refractivity (Wildman–Crippen MR) is 55.7 cm³/mol. The van der Waals surface area contributed by atoms with Crippen LogP contribution in [0.25, 0.3) is 0 Å². The molecule has 0 aliphatic rings. The number of methoxy groups -OCH3 is 1. The van der Waals surface area contributed by atoms with Crippen LogP contribution in [0.2, 0.25) is 0 Å². The second-order valence-corrected chi connectivity index (χ2v) is 5.22. The lowest BCUT2D eigenvalue weighted by molar-refractivity contribution is -0.0769. The van der Waals surface area contributed by atoms with Crippen LogP contribution in [0.4, 0.5) is 0 Å². The zero-order valence-corrected chi connectivity index (χ0v) is 9.79. The fourth-order valence-corrected chi connectivity index (χ4v) is 1.69. The number of aliphatic hydroxyl groups excluding tert-OH is 1. The molecule has 0 aromatic rings. The van der Waals surface area contributed by atoms with Crippen LogP contribution in [-0.4, -0.2) is 24.4 Å². The molecule has 0 heterocycles. The van der Waals surface area contributed by atoms with Gasteiger partial charge < -0.3 is 9.84 Å². The second-order valence-electron chi connectivity index (χ2n) is 5.22. The van der Waals surface area contributed by atoms with E-state index in [1.807, 2.05) is 0 Å². The van der Waals surface area contributed by atoms with Gasteiger partial charge in [0.05, 0.1) is 12.2 Å². The molecule has 0 radical (unpaired) electrons. The summed E-state index contributed by atoms with van der Waals surface area (Å²) >= 11 is 0. The molecule has 0 fully saturated rings. The quantitative estimate of drug-likeness (QED) is 0.734. The molecule has 2 nitrogen and oxygen atoms in total. The molecule has 0 aliphatic heterocycles. The summed E-state index contributed by atoms with van der Waals surface area (Å²) in [5, 5.41) is 9.89. The van der Waals surface area contributed by atoms with Crippen LogP contribution in [0.5, 0.6) is 0 Å². The maximum Gasteiger partial charge on any atom is 0.0878 e. The predicted octanol–water partition coefficient (Wildman–Crippen LogP) is 2.45. The monoisotopic (exact) mass is 188 g/mol. The Morgan fingerprint density at radius 2 is 1.69 bits per heavy atom. The van der Waals surface area contributed by atoms with Crippen molar-refractivity contribution in [3.63, 3.8) is 0 Å². The smallest absolute Gasteiger partial charge is 0.0878 e. The molecule has 0 aromatic heterocycles. The lowest BCUT2D eigenvalue weighted by atomic mass is 9.83. The fraction of sp³-hybridized carbons (Fsp3) is 1.00. The third kappa shape index (κ3) is 4.63. The van der Waals surface area contributed by atoms with Gasteiger partial charge in [-0.1, -0.05) is 34.6 Å². The molecular weight excluding hydrogens is 164 g/mol. The van der Waals surface area contributed by atoms with Crippen LogP contribution in [-0.2, 0) is 4.74 Å². The van der Waals surface area contributed by atoms with Crippen LogP contribution in [0.3, 0.4) is 0 Å². The zero-order chi connectivity index (χ0) is 10.6. The first-order valence-electron chi connectivity index (χ1n) is 5.00. The van der Waals surface area contributed by atoms with Crippen molar-refractivity contribution in [3.8, 4) is 0 Å². The Bertz CT molecular complexity index is 136. The molecule has 1 N–H and O–H groups in total. The van der Waals surface area contributed by atoms with Crippen LogP contribution in [0.1, 0.15) is 41.0 Å². The summed E-state index contributed by atoms with van der Waals surface area (Å²) in [6.07, 6.45) is 0.371. The van der Waals surface area contributed by atoms with Crippen molar-refractivity contribution in [3.05, 3.63) is 0 Å². The minimum atomic E-state index is -0.356. The lowest BCUT2D eigenvalue weighted by Gasteiger charge is -2.33. The average molecular weight is 188 g/mol. The molecular formula is C11H24O2. The largest absolute Gasteiger partial charge is 0.390 e. The Hall–Kier alpha value is -0.0800. The van der Waals surface area contributed by atoms with Gasteiger partial charge in [0.25, 0.3) is 0 Å². The van der Waals surface area contributed by atoms with E-state index in [1.54, 1.807) is 7.11 Å². The van der Waals surface area contributed by atoms with Crippen molar-refractivity contribution in [1.29, 1.82) is 0 Å². The van der Waals surface area contributed by atoms with Crippen molar-refractivity contribution >= 4 is 0 Å². The first-order valence-corrected chi connectivity index (χ1v) is 5.00. The number of rotatable bonds is 4. The maximum absolute atomic E-state index is 9.89. The molecule has 0 aromatic carbocycles. The number of hydrogen-bond donors (Lipinski definition) is 1. The number of hydrogen-bond acceptors (Lipinski definition) is 2. The molecule has 2 atom stereocenters. The van der Waals surface area contributed by atoms with E-state index in [9.17, 15) is 5.11 Å². The molecule has 0 spiro atoms. The molecule has 0 saturated carbocycles. The highest BCUT2D eigenvalue weighted by atomic mass is 16.5. The normalized spacial score (nSPS) is 17.5. The molecule has 2 unspecified atom stereocenters. The molecule has 80 valence electrons. The average Bonchev–Trinajstić information content (AvgIpc) is 1.82. The highest BCUT2D eigenvalue weighted by molar-refractivity contribution is 4.81. The van der Waals surface area contributed by atoms with Gasteiger partial charge in [-0.15, -0.1) is 0 Å². The summed E-state index contributed by atoms with van der Waals surface area (Å²) in [6.45, 7) is 10.5. The summed E-state index contributed by atoms with van der Waals surface area (Å²) in [7, 11) is 1.67. The van der Waals surface area contributed by atoms with E-state index in [0.717, 1.165) is 6.42 Å². The third-order valence-corrected chi connectivity index (χ3v) is 2.17. The molecule has 2 heteroatoms. The van der Waals surface area contributed by atoms with Gasteiger partial charge in [0.1, 0.15) is 0 Å². The van der Waals surface area contributed by atoms with Crippen molar-refractivity contribution in [2.24, 2.45) is 11.3 Å². The summed E-state index contributed by atoms with van der Waals surface area (Å²) in [4.78, 5) is 0. The fourth-order valence-electron chi connectivity index (χ4n) is 1.69. The highest BCUT2D eigenvalue weighted by Crippen LogP contribution is 2.27. The van der Waals surface area contributed by atoms with Gasteiger partial charge >= 0.3 is 0 Å². The van der Waals surface area contributed by atoms with Gasteiger partial charge in [-0.25, -0.2) is 0 Å². The van der Waals surface area contributed by atoms with E-state index in [1.165, 1.54) is 0 Å². The standard InChI is InChI=1S/C11H24O2/c1-8(2)7-9(12)10(13-6)11(3,4)5/h8-10,12H,7H2,1-6H3. The van der Waals surface area contributed by atoms with Crippen LogP contribution in [0, 0.1) is 11.3 Å². The Morgan fingerprint density at radius 3 is 1.92 bits per heavy atom. The molecule has 0 saturated heterocycles. The lowest BCUT2D eigenvalue weighted by Crippen LogP contribution is -2.40. The molecule has 0 aliphatic carbocycles. The minimum absolute atomic E-state index is 0.00303. The Kier molecular flexibility index (Phi) is 4.93. The van der Waals surface area contributed by atoms with Crippen molar-refractivity contribution in [2.75, 3.05) is 7.11 Å². The Balaban J connectivity index is 4.24. The topological polar surface area (TPSA) is 29.5 Å². The van der Waals surface area contributed by atoms with Gasteiger partial charge in [-0.3, -0.25) is 0 Å². The van der Waals surface area contributed by atoms with Crippen molar-refractivity contribution < 1.29 is 9.84 Å². The van der Waals surface area contributed by atoms with Crippen molar-refractivity contribution in [1.82, 2.24) is 0 Å². The number of aliphatic hydroxyl groups is 1. The van der Waals surface area contributed by atoms with E-state index >= 15 is 0 Å². The van der Waals surface area contributed by atoms with E-state index < -0.39 is 0 Å². The van der Waals surface area contributed by atoms with Gasteiger partial charge in [0.15, 0.2) is 0 Å². The minimum Gasteiger partial charge on any atom is -0.390 e. The molecule has 0 bridgehead atoms. The maximum atomic E-state index is 9.89. The zero-order valence-electron chi connectivity index (χ0n) is 9.79. The van der Waals surface area contributed by atoms with E-state index in [-0.39, 0.29) is 17.6 Å². The van der Waals surface area contributed by atoms with Crippen LogP contribution < -0.4 is 0 Å².